The third-order valence-electron chi connectivity index (χ3n) is 2.17. The fourth-order valence-corrected chi connectivity index (χ4v) is 2.55. The van der Waals surface area contributed by atoms with E-state index >= 15 is 0 Å². The molecule has 1 aromatic heterocycles. The second kappa shape index (κ2) is 6.43. The minimum absolute atomic E-state index is 0.430. The Bertz CT molecular complexity index is 236. The van der Waals surface area contributed by atoms with Crippen molar-refractivity contribution in [1.82, 2.24) is 10.3 Å². The van der Waals surface area contributed by atoms with Crippen LogP contribution in [0.4, 0.5) is 0 Å². The van der Waals surface area contributed by atoms with Gasteiger partial charge in [0, 0.05) is 23.2 Å². The summed E-state index contributed by atoms with van der Waals surface area (Å²) >= 11 is 3.62. The zero-order chi connectivity index (χ0) is 10.4. The molecule has 0 bridgehead atoms. The van der Waals surface area contributed by atoms with E-state index in [2.05, 4.69) is 30.4 Å². The second-order valence-corrected chi connectivity index (χ2v) is 5.38. The number of rotatable bonds is 6. The van der Waals surface area contributed by atoms with Gasteiger partial charge in [-0.3, -0.25) is 4.98 Å². The molecule has 1 rings (SSSR count). The molecular weight excluding hydrogens is 212 g/mol. The third kappa shape index (κ3) is 3.98. The molecule has 2 unspecified atom stereocenters. The van der Waals surface area contributed by atoms with E-state index in [0.717, 1.165) is 0 Å². The first-order valence-corrected chi connectivity index (χ1v) is 7.14. The fraction of sp³-hybridized carbons (Fsp3) is 0.700. The molecule has 0 radical (unpaired) electrons. The Morgan fingerprint density at radius 3 is 2.93 bits per heavy atom. The van der Waals surface area contributed by atoms with Crippen LogP contribution >= 0.6 is 23.1 Å². The Morgan fingerprint density at radius 2 is 2.36 bits per heavy atom. The van der Waals surface area contributed by atoms with E-state index in [1.807, 2.05) is 23.5 Å². The highest BCUT2D eigenvalue weighted by atomic mass is 32.2. The summed E-state index contributed by atoms with van der Waals surface area (Å²) in [5, 5.41) is 3.57. The van der Waals surface area contributed by atoms with Crippen LogP contribution in [0.5, 0.6) is 0 Å². The predicted molar refractivity (Wildman–Crippen MR) is 66.1 cm³/mol. The maximum atomic E-state index is 4.09. The molecule has 0 fully saturated rings. The maximum Gasteiger partial charge on any atom is 0.0794 e. The van der Waals surface area contributed by atoms with Crippen LogP contribution in [-0.4, -0.2) is 23.0 Å². The van der Waals surface area contributed by atoms with Crippen LogP contribution in [0.2, 0.25) is 0 Å². The highest BCUT2D eigenvalue weighted by Crippen LogP contribution is 2.17. The first kappa shape index (κ1) is 12.0. The van der Waals surface area contributed by atoms with Gasteiger partial charge in [0.05, 0.1) is 5.51 Å². The highest BCUT2D eigenvalue weighted by molar-refractivity contribution is 7.98. The number of aromatic nitrogens is 1. The minimum atomic E-state index is 0.430. The Kier molecular flexibility index (Phi) is 5.52. The first-order chi connectivity index (χ1) is 6.74. The van der Waals surface area contributed by atoms with E-state index in [9.17, 15) is 0 Å². The van der Waals surface area contributed by atoms with Crippen LogP contribution < -0.4 is 5.32 Å². The standard InChI is InChI=1S/C10H18N2S2/c1-8(4-5-13-3)12-9(2)10-6-11-7-14-10/h6-9,12H,4-5H2,1-3H3. The molecule has 1 N–H and O–H groups in total. The molecule has 14 heavy (non-hydrogen) atoms. The van der Waals surface area contributed by atoms with Gasteiger partial charge in [0.2, 0.25) is 0 Å². The molecule has 80 valence electrons. The quantitative estimate of drug-likeness (QED) is 0.813. The molecule has 1 aromatic rings. The van der Waals surface area contributed by atoms with E-state index in [1.165, 1.54) is 17.1 Å². The summed E-state index contributed by atoms with van der Waals surface area (Å²) in [6, 6.07) is 1.01. The lowest BCUT2D eigenvalue weighted by Crippen LogP contribution is -2.28. The lowest BCUT2D eigenvalue weighted by molar-refractivity contribution is 0.476. The van der Waals surface area contributed by atoms with Crippen LogP contribution in [0, 0.1) is 0 Å². The van der Waals surface area contributed by atoms with Crippen molar-refractivity contribution in [3.63, 3.8) is 0 Å². The molecule has 0 spiro atoms. The average molecular weight is 230 g/mol. The number of thiazole rings is 1. The van der Waals surface area contributed by atoms with Crippen molar-refractivity contribution in [2.45, 2.75) is 32.4 Å². The molecule has 1 heterocycles. The largest absolute Gasteiger partial charge is 0.307 e. The van der Waals surface area contributed by atoms with Gasteiger partial charge in [-0.25, -0.2) is 0 Å². The van der Waals surface area contributed by atoms with Gasteiger partial charge < -0.3 is 5.32 Å². The summed E-state index contributed by atoms with van der Waals surface area (Å²) in [5.74, 6) is 1.23. The number of thioether (sulfide) groups is 1. The van der Waals surface area contributed by atoms with Crippen LogP contribution in [0.25, 0.3) is 0 Å². The van der Waals surface area contributed by atoms with Gasteiger partial charge in [0.1, 0.15) is 0 Å². The van der Waals surface area contributed by atoms with E-state index in [-0.39, 0.29) is 0 Å². The van der Waals surface area contributed by atoms with E-state index in [0.29, 0.717) is 12.1 Å². The summed E-state index contributed by atoms with van der Waals surface area (Å²) in [6.07, 6.45) is 5.33. The summed E-state index contributed by atoms with van der Waals surface area (Å²) in [7, 11) is 0. The SMILES string of the molecule is CSCCC(C)NC(C)c1cncs1. The van der Waals surface area contributed by atoms with Crippen molar-refractivity contribution in [3.8, 4) is 0 Å². The van der Waals surface area contributed by atoms with Crippen molar-refractivity contribution >= 4 is 23.1 Å². The molecule has 0 aromatic carbocycles. The molecule has 2 nitrogen and oxygen atoms in total. The minimum Gasteiger partial charge on any atom is -0.307 e. The van der Waals surface area contributed by atoms with Gasteiger partial charge >= 0.3 is 0 Å². The van der Waals surface area contributed by atoms with Gasteiger partial charge in [-0.2, -0.15) is 11.8 Å². The molecule has 0 aliphatic carbocycles. The summed E-state index contributed by atoms with van der Waals surface area (Å²) in [5.41, 5.74) is 1.89. The van der Waals surface area contributed by atoms with Crippen molar-refractivity contribution in [1.29, 1.82) is 0 Å². The number of hydrogen-bond donors (Lipinski definition) is 1. The molecule has 0 saturated heterocycles. The van der Waals surface area contributed by atoms with Gasteiger partial charge in [0.15, 0.2) is 0 Å². The summed E-state index contributed by atoms with van der Waals surface area (Å²) in [6.45, 7) is 4.44. The topological polar surface area (TPSA) is 24.9 Å². The van der Waals surface area contributed by atoms with Crippen molar-refractivity contribution in [2.24, 2.45) is 0 Å². The van der Waals surface area contributed by atoms with Gasteiger partial charge in [-0.1, -0.05) is 0 Å². The molecule has 2 atom stereocenters. The molecular formula is C10H18N2S2. The van der Waals surface area contributed by atoms with E-state index in [1.54, 1.807) is 11.3 Å². The third-order valence-corrected chi connectivity index (χ3v) is 3.77. The summed E-state index contributed by atoms with van der Waals surface area (Å²) < 4.78 is 0. The van der Waals surface area contributed by atoms with Crippen LogP contribution in [0.15, 0.2) is 11.7 Å². The Labute approximate surface area is 94.5 Å². The summed E-state index contributed by atoms with van der Waals surface area (Å²) in [4.78, 5) is 5.41. The zero-order valence-corrected chi connectivity index (χ0v) is 10.6. The first-order valence-electron chi connectivity index (χ1n) is 4.87. The van der Waals surface area contributed by atoms with Crippen LogP contribution in [0.1, 0.15) is 31.2 Å². The van der Waals surface area contributed by atoms with Crippen molar-refractivity contribution in [3.05, 3.63) is 16.6 Å². The van der Waals surface area contributed by atoms with E-state index < -0.39 is 0 Å². The normalized spacial score (nSPS) is 15.4. The Hall–Kier alpha value is -0.0600. The predicted octanol–water partition coefficient (Wildman–Crippen LogP) is 2.94. The van der Waals surface area contributed by atoms with Gasteiger partial charge in [-0.15, -0.1) is 11.3 Å². The Morgan fingerprint density at radius 1 is 1.57 bits per heavy atom. The highest BCUT2D eigenvalue weighted by Gasteiger charge is 2.09. The lowest BCUT2D eigenvalue weighted by Gasteiger charge is -2.18. The molecule has 0 aliphatic rings. The van der Waals surface area contributed by atoms with E-state index in [4.69, 9.17) is 0 Å². The average Bonchev–Trinajstić information content (AvgIpc) is 2.67. The molecule has 0 aliphatic heterocycles. The fourth-order valence-electron chi connectivity index (χ4n) is 1.33. The Balaban J connectivity index is 2.29. The second-order valence-electron chi connectivity index (χ2n) is 3.47. The maximum absolute atomic E-state index is 4.09. The van der Waals surface area contributed by atoms with Gasteiger partial charge in [0.25, 0.3) is 0 Å². The number of nitrogens with zero attached hydrogens (tertiary/aromatic N) is 1. The van der Waals surface area contributed by atoms with Crippen molar-refractivity contribution in [2.75, 3.05) is 12.0 Å². The molecule has 4 heteroatoms. The van der Waals surface area contributed by atoms with Crippen LogP contribution in [-0.2, 0) is 0 Å². The lowest BCUT2D eigenvalue weighted by atomic mass is 10.2. The smallest absolute Gasteiger partial charge is 0.0794 e. The monoisotopic (exact) mass is 230 g/mol. The van der Waals surface area contributed by atoms with Crippen LogP contribution in [0.3, 0.4) is 0 Å². The van der Waals surface area contributed by atoms with Gasteiger partial charge in [-0.05, 0) is 32.3 Å². The number of hydrogen-bond acceptors (Lipinski definition) is 4. The van der Waals surface area contributed by atoms with Crippen molar-refractivity contribution < 1.29 is 0 Å². The molecule has 0 amide bonds. The number of nitrogens with one attached hydrogen (secondary N) is 1. The zero-order valence-electron chi connectivity index (χ0n) is 8.99. The molecule has 0 saturated carbocycles.